The zero-order chi connectivity index (χ0) is 21.5. The number of carbonyl (C=O) groups excluding carboxylic acids is 1. The van der Waals surface area contributed by atoms with E-state index in [1.165, 1.54) is 24.3 Å². The molecule has 2 N–H and O–H groups in total. The van der Waals surface area contributed by atoms with Gasteiger partial charge in [-0.2, -0.15) is 13.2 Å². The van der Waals surface area contributed by atoms with Crippen molar-refractivity contribution >= 4 is 69.6 Å². The number of hydrogen-bond acceptors (Lipinski definition) is 2. The molecule has 3 nitrogen and oxygen atoms in total. The molecule has 1 saturated carbocycles. The van der Waals surface area contributed by atoms with Gasteiger partial charge in [0.25, 0.3) is 0 Å². The fourth-order valence-corrected chi connectivity index (χ4v) is 3.67. The Labute approximate surface area is 185 Å². The fourth-order valence-electron chi connectivity index (χ4n) is 3.07. The van der Waals surface area contributed by atoms with Crippen LogP contribution in [0.25, 0.3) is 0 Å². The second-order valence-electron chi connectivity index (χ2n) is 6.95. The van der Waals surface area contributed by atoms with Crippen molar-refractivity contribution in [1.82, 2.24) is 5.32 Å². The maximum atomic E-state index is 13.2. The third-order valence-electron chi connectivity index (χ3n) is 4.64. The first-order valence-corrected chi connectivity index (χ1v) is 9.87. The molecule has 0 spiro atoms. The summed E-state index contributed by atoms with van der Waals surface area (Å²) in [6, 6.07) is 4.68. The number of para-hydroxylation sites is 1. The van der Waals surface area contributed by atoms with Crippen LogP contribution in [-0.2, 0) is 11.0 Å². The molecule has 1 aliphatic rings. The minimum absolute atomic E-state index is 0.0172. The maximum absolute atomic E-state index is 13.2. The zero-order valence-electron chi connectivity index (χ0n) is 14.6. The Morgan fingerprint density at radius 3 is 2.25 bits per heavy atom. The normalized spacial score (nSPS) is 22.2. The zero-order valence-corrected chi connectivity index (χ0v) is 18.3. The molecule has 1 aromatic carbocycles. The second kappa shape index (κ2) is 8.31. The highest BCUT2D eigenvalue weighted by Gasteiger charge is 2.61. The largest absolute Gasteiger partial charge is 0.418 e. The van der Waals surface area contributed by atoms with Gasteiger partial charge in [0.2, 0.25) is 9.70 Å². The number of hydrogen-bond donors (Lipinski definition) is 2. The highest BCUT2D eigenvalue weighted by Crippen LogP contribution is 2.59. The van der Waals surface area contributed by atoms with Crippen LogP contribution in [0.3, 0.4) is 0 Å². The Balaban J connectivity index is 2.24. The van der Waals surface area contributed by atoms with E-state index in [0.29, 0.717) is 0 Å². The number of alkyl halides is 6. The van der Waals surface area contributed by atoms with Crippen molar-refractivity contribution in [2.24, 2.45) is 17.3 Å². The summed E-state index contributed by atoms with van der Waals surface area (Å²) in [7, 11) is 0. The smallest absolute Gasteiger partial charge is 0.361 e. The van der Waals surface area contributed by atoms with Crippen molar-refractivity contribution in [3.8, 4) is 0 Å². The molecule has 0 unspecified atom stereocenters. The third kappa shape index (κ3) is 5.54. The van der Waals surface area contributed by atoms with Crippen molar-refractivity contribution in [2.75, 3.05) is 5.32 Å². The van der Waals surface area contributed by atoms with Crippen molar-refractivity contribution in [3.63, 3.8) is 0 Å². The number of allylic oxidation sites excluding steroid dienone is 1. The molecule has 1 amide bonds. The van der Waals surface area contributed by atoms with E-state index in [1.54, 1.807) is 0 Å². The van der Waals surface area contributed by atoms with Crippen LogP contribution in [0.15, 0.2) is 34.8 Å². The van der Waals surface area contributed by atoms with Crippen LogP contribution < -0.4 is 10.6 Å². The van der Waals surface area contributed by atoms with Gasteiger partial charge in [-0.25, -0.2) is 0 Å². The molecule has 1 aromatic rings. The predicted octanol–water partition coefficient (Wildman–Crippen LogP) is 6.52. The fraction of sp³-hybridized carbons (Fsp3) is 0.471. The van der Waals surface area contributed by atoms with E-state index >= 15 is 0 Å². The Morgan fingerprint density at radius 2 is 1.75 bits per heavy atom. The standard InChI is InChI=1S/C17H16Cl5F3N2O/c1-15(2)9(7-11(18)19)12(15)13(28)27-14(16(20,21)22)26-10-6-4-3-5-8(10)17(23,24)25/h3-7,9,12,14,26H,1-2H3,(H,27,28)/t9-,12+,14-/m1/s1. The summed E-state index contributed by atoms with van der Waals surface area (Å²) in [5.74, 6) is -1.29. The highest BCUT2D eigenvalue weighted by molar-refractivity contribution is 6.68. The Morgan fingerprint density at radius 1 is 1.18 bits per heavy atom. The predicted molar refractivity (Wildman–Crippen MR) is 108 cm³/mol. The van der Waals surface area contributed by atoms with Gasteiger partial charge in [-0.05, 0) is 29.5 Å². The molecule has 0 aromatic heterocycles. The lowest BCUT2D eigenvalue weighted by molar-refractivity contribution is -0.137. The van der Waals surface area contributed by atoms with Crippen LogP contribution in [0, 0.1) is 17.3 Å². The van der Waals surface area contributed by atoms with E-state index < -0.39 is 38.9 Å². The van der Waals surface area contributed by atoms with Gasteiger partial charge in [0.05, 0.1) is 11.5 Å². The summed E-state index contributed by atoms with van der Waals surface area (Å²) >= 11 is 29.0. The summed E-state index contributed by atoms with van der Waals surface area (Å²) in [4.78, 5) is 12.7. The molecule has 2 rings (SSSR count). The number of halogens is 8. The average molecular weight is 499 g/mol. The van der Waals surface area contributed by atoms with E-state index in [4.69, 9.17) is 58.0 Å². The first-order chi connectivity index (χ1) is 12.7. The van der Waals surface area contributed by atoms with E-state index in [2.05, 4.69) is 10.6 Å². The molecule has 0 aliphatic heterocycles. The average Bonchev–Trinajstić information content (AvgIpc) is 3.04. The Kier molecular flexibility index (Phi) is 7.04. The number of nitrogens with one attached hydrogen (secondary N) is 2. The topological polar surface area (TPSA) is 41.1 Å². The second-order valence-corrected chi connectivity index (χ2v) is 10.3. The minimum atomic E-state index is -4.63. The molecule has 11 heteroatoms. The van der Waals surface area contributed by atoms with Crippen molar-refractivity contribution < 1.29 is 18.0 Å². The van der Waals surface area contributed by atoms with E-state index in [0.717, 1.165) is 6.07 Å². The molecule has 28 heavy (non-hydrogen) atoms. The first-order valence-electron chi connectivity index (χ1n) is 7.98. The number of anilines is 1. The monoisotopic (exact) mass is 496 g/mol. The van der Waals surface area contributed by atoms with Crippen molar-refractivity contribution in [1.29, 1.82) is 0 Å². The Bertz CT molecular complexity index is 773. The molecule has 0 bridgehead atoms. The van der Waals surface area contributed by atoms with Crippen LogP contribution in [0.4, 0.5) is 18.9 Å². The molecular weight excluding hydrogens is 482 g/mol. The van der Waals surface area contributed by atoms with Gasteiger partial charge in [-0.1, -0.05) is 84.0 Å². The summed E-state index contributed by atoms with van der Waals surface area (Å²) in [5, 5.41) is 4.95. The van der Waals surface area contributed by atoms with Gasteiger partial charge < -0.3 is 10.6 Å². The maximum Gasteiger partial charge on any atom is 0.418 e. The number of rotatable bonds is 5. The summed E-state index contributed by atoms with van der Waals surface area (Å²) < 4.78 is 37.5. The highest BCUT2D eigenvalue weighted by atomic mass is 35.6. The molecule has 1 aliphatic carbocycles. The quantitative estimate of drug-likeness (QED) is 0.358. The number of amides is 1. The van der Waals surface area contributed by atoms with Gasteiger partial charge in [-0.3, -0.25) is 4.79 Å². The van der Waals surface area contributed by atoms with Gasteiger partial charge >= 0.3 is 6.18 Å². The van der Waals surface area contributed by atoms with Crippen LogP contribution in [-0.4, -0.2) is 15.9 Å². The lowest BCUT2D eigenvalue weighted by atomic mass is 10.1. The Hall–Kier alpha value is -0.530. The third-order valence-corrected chi connectivity index (χ3v) is 5.55. The van der Waals surface area contributed by atoms with Crippen LogP contribution in [0.1, 0.15) is 19.4 Å². The molecule has 1 fully saturated rings. The van der Waals surface area contributed by atoms with Gasteiger partial charge in [0, 0.05) is 5.69 Å². The molecule has 3 atom stereocenters. The van der Waals surface area contributed by atoms with Gasteiger partial charge in [0.1, 0.15) is 10.7 Å². The van der Waals surface area contributed by atoms with Crippen molar-refractivity contribution in [3.05, 3.63) is 40.4 Å². The van der Waals surface area contributed by atoms with Crippen LogP contribution in [0.5, 0.6) is 0 Å². The number of carbonyl (C=O) groups is 1. The van der Waals surface area contributed by atoms with Gasteiger partial charge in [0.15, 0.2) is 0 Å². The summed E-state index contributed by atoms with van der Waals surface area (Å²) in [6.45, 7) is 3.65. The summed E-state index contributed by atoms with van der Waals surface area (Å²) in [6.07, 6.45) is -4.51. The minimum Gasteiger partial charge on any atom is -0.361 e. The molecular formula is C17H16Cl5F3N2O. The van der Waals surface area contributed by atoms with Gasteiger partial charge in [-0.15, -0.1) is 0 Å². The van der Waals surface area contributed by atoms with Crippen molar-refractivity contribution in [2.45, 2.75) is 30.0 Å². The molecule has 0 heterocycles. The number of benzene rings is 1. The van der Waals surface area contributed by atoms with E-state index in [1.807, 2.05) is 13.8 Å². The van der Waals surface area contributed by atoms with Crippen LogP contribution in [0.2, 0.25) is 0 Å². The summed E-state index contributed by atoms with van der Waals surface area (Å²) in [5.41, 5.74) is -1.74. The lowest BCUT2D eigenvalue weighted by Crippen LogP contribution is -2.50. The molecule has 156 valence electrons. The lowest BCUT2D eigenvalue weighted by Gasteiger charge is -2.29. The van der Waals surface area contributed by atoms with Crippen LogP contribution >= 0.6 is 58.0 Å². The molecule has 0 radical (unpaired) electrons. The van der Waals surface area contributed by atoms with E-state index in [9.17, 15) is 18.0 Å². The first kappa shape index (κ1) is 23.7. The SMILES string of the molecule is CC1(C)[C@H](C=C(Cl)Cl)[C@H]1C(=O)N[C@@H](Nc1ccccc1C(F)(F)F)C(Cl)(Cl)Cl. The van der Waals surface area contributed by atoms with E-state index in [-0.39, 0.29) is 16.1 Å². The molecule has 0 saturated heterocycles.